The molecule has 0 aromatic carbocycles. The van der Waals surface area contributed by atoms with Gasteiger partial charge in [-0.1, -0.05) is 0 Å². The Labute approximate surface area is 143 Å². The summed E-state index contributed by atoms with van der Waals surface area (Å²) in [5, 5.41) is 8.50. The topological polar surface area (TPSA) is 58.6 Å². The highest BCUT2D eigenvalue weighted by Gasteiger charge is 2.43. The predicted octanol–water partition coefficient (Wildman–Crippen LogP) is 1.64. The summed E-state index contributed by atoms with van der Waals surface area (Å²) in [6.45, 7) is 6.29. The molecule has 130 valence electrons. The first-order valence-corrected chi connectivity index (χ1v) is 9.18. The van der Waals surface area contributed by atoms with Crippen LogP contribution in [0, 0.1) is 18.8 Å². The van der Waals surface area contributed by atoms with E-state index in [0.29, 0.717) is 5.91 Å². The number of hydrogen-bond acceptors (Lipinski definition) is 5. The summed E-state index contributed by atoms with van der Waals surface area (Å²) in [7, 11) is 0. The van der Waals surface area contributed by atoms with Crippen molar-refractivity contribution in [1.29, 1.82) is 0 Å². The zero-order valence-electron chi connectivity index (χ0n) is 14.4. The van der Waals surface area contributed by atoms with Crippen LogP contribution in [0.4, 0.5) is 5.82 Å². The second-order valence-electron chi connectivity index (χ2n) is 7.27. The number of anilines is 1. The number of aromatic nitrogens is 2. The van der Waals surface area contributed by atoms with Gasteiger partial charge in [0, 0.05) is 44.6 Å². The Morgan fingerprint density at radius 3 is 2.75 bits per heavy atom. The highest BCUT2D eigenvalue weighted by Crippen LogP contribution is 2.35. The van der Waals surface area contributed by atoms with Crippen LogP contribution in [0.5, 0.6) is 0 Å². The molecule has 4 rings (SSSR count). The van der Waals surface area contributed by atoms with E-state index in [1.54, 1.807) is 0 Å². The lowest BCUT2D eigenvalue weighted by atomic mass is 9.78. The lowest BCUT2D eigenvalue weighted by Crippen LogP contribution is -2.54. The van der Waals surface area contributed by atoms with Crippen molar-refractivity contribution >= 4 is 11.7 Å². The van der Waals surface area contributed by atoms with Gasteiger partial charge in [-0.25, -0.2) is 0 Å². The largest absolute Gasteiger partial charge is 0.378 e. The van der Waals surface area contributed by atoms with Crippen LogP contribution in [-0.4, -0.2) is 59.9 Å². The first-order valence-electron chi connectivity index (χ1n) is 9.18. The number of ether oxygens (including phenoxy) is 1. The van der Waals surface area contributed by atoms with Gasteiger partial charge in [0.25, 0.3) is 0 Å². The molecule has 1 aromatic heterocycles. The number of carbonyl (C=O) groups excluding carboxylic acids is 1. The van der Waals surface area contributed by atoms with Gasteiger partial charge in [-0.3, -0.25) is 4.79 Å². The third-order valence-corrected chi connectivity index (χ3v) is 5.71. The molecule has 0 N–H and O–H groups in total. The summed E-state index contributed by atoms with van der Waals surface area (Å²) in [4.78, 5) is 17.3. The first kappa shape index (κ1) is 15.8. The zero-order valence-corrected chi connectivity index (χ0v) is 14.4. The Bertz CT molecular complexity index is 585. The van der Waals surface area contributed by atoms with Crippen LogP contribution in [0.3, 0.4) is 0 Å². The molecule has 6 nitrogen and oxygen atoms in total. The molecular weight excluding hydrogens is 304 g/mol. The average molecular weight is 330 g/mol. The van der Waals surface area contributed by atoms with Gasteiger partial charge in [0.15, 0.2) is 5.82 Å². The Morgan fingerprint density at radius 1 is 1.17 bits per heavy atom. The van der Waals surface area contributed by atoms with E-state index >= 15 is 0 Å². The smallest absolute Gasteiger partial charge is 0.226 e. The molecule has 0 bridgehead atoms. The van der Waals surface area contributed by atoms with Crippen LogP contribution in [-0.2, 0) is 9.53 Å². The minimum Gasteiger partial charge on any atom is -0.378 e. The Morgan fingerprint density at radius 2 is 2.00 bits per heavy atom. The molecule has 4 heterocycles. The number of likely N-dealkylation sites (tertiary alicyclic amines) is 1. The molecule has 3 aliphatic heterocycles. The van der Waals surface area contributed by atoms with Crippen molar-refractivity contribution in [2.24, 2.45) is 11.8 Å². The molecule has 0 unspecified atom stereocenters. The summed E-state index contributed by atoms with van der Waals surface area (Å²) < 4.78 is 5.99. The third-order valence-electron chi connectivity index (χ3n) is 5.71. The number of rotatable bonds is 2. The van der Waals surface area contributed by atoms with E-state index in [9.17, 15) is 4.79 Å². The number of hydrogen-bond donors (Lipinski definition) is 0. The van der Waals surface area contributed by atoms with Gasteiger partial charge < -0.3 is 14.5 Å². The lowest BCUT2D eigenvalue weighted by molar-refractivity contribution is -0.146. The van der Waals surface area contributed by atoms with Gasteiger partial charge in [0.1, 0.15) is 0 Å². The van der Waals surface area contributed by atoms with Crippen LogP contribution >= 0.6 is 0 Å². The molecule has 3 fully saturated rings. The van der Waals surface area contributed by atoms with E-state index in [2.05, 4.69) is 20.0 Å². The summed E-state index contributed by atoms with van der Waals surface area (Å²) in [6.07, 6.45) is 4.32. The van der Waals surface area contributed by atoms with E-state index in [0.717, 1.165) is 70.0 Å². The molecule has 3 atom stereocenters. The van der Waals surface area contributed by atoms with Crippen molar-refractivity contribution in [3.63, 3.8) is 0 Å². The summed E-state index contributed by atoms with van der Waals surface area (Å²) in [5.41, 5.74) is 0.928. The van der Waals surface area contributed by atoms with Gasteiger partial charge in [0.05, 0.1) is 11.8 Å². The highest BCUT2D eigenvalue weighted by atomic mass is 16.5. The standard InChI is InChI=1S/C18H26N4O2/c1-13-4-5-17(20-19-13)22-10-6-16-15(12-22)14(7-11-24-16)18(23)21-8-2-3-9-21/h4-5,14-16H,2-3,6-12H2,1H3/t14-,15-,16-/m0/s1. The molecule has 0 aliphatic carbocycles. The minimum atomic E-state index is 0.100. The normalized spacial score (nSPS) is 30.3. The SMILES string of the molecule is Cc1ccc(N2CC[C@@H]3OCC[C@H](C(=O)N4CCCC4)[C@@H]3C2)nn1. The van der Waals surface area contributed by atoms with Crippen molar-refractivity contribution in [2.45, 2.75) is 38.7 Å². The Balaban J connectivity index is 1.50. The first-order chi connectivity index (χ1) is 11.7. The van der Waals surface area contributed by atoms with Gasteiger partial charge in [-0.15, -0.1) is 5.10 Å². The Hall–Kier alpha value is -1.69. The molecule has 1 amide bonds. The van der Waals surface area contributed by atoms with Crippen molar-refractivity contribution < 1.29 is 9.53 Å². The fourth-order valence-electron chi connectivity index (χ4n) is 4.36. The van der Waals surface area contributed by atoms with Crippen LogP contribution in [0.15, 0.2) is 12.1 Å². The van der Waals surface area contributed by atoms with Crippen molar-refractivity contribution in [1.82, 2.24) is 15.1 Å². The van der Waals surface area contributed by atoms with Crippen LogP contribution < -0.4 is 4.90 Å². The van der Waals surface area contributed by atoms with Crippen LogP contribution in [0.2, 0.25) is 0 Å². The molecule has 0 radical (unpaired) electrons. The van der Waals surface area contributed by atoms with E-state index in [1.165, 1.54) is 0 Å². The lowest BCUT2D eigenvalue weighted by Gasteiger charge is -2.45. The van der Waals surface area contributed by atoms with Gasteiger partial charge in [0.2, 0.25) is 5.91 Å². The molecule has 3 saturated heterocycles. The highest BCUT2D eigenvalue weighted by molar-refractivity contribution is 5.79. The van der Waals surface area contributed by atoms with Gasteiger partial charge in [-0.05, 0) is 44.7 Å². The van der Waals surface area contributed by atoms with Gasteiger partial charge >= 0.3 is 0 Å². The molecule has 24 heavy (non-hydrogen) atoms. The van der Waals surface area contributed by atoms with E-state index < -0.39 is 0 Å². The molecule has 1 aromatic rings. The average Bonchev–Trinajstić information content (AvgIpc) is 3.15. The summed E-state index contributed by atoms with van der Waals surface area (Å²) in [5.74, 6) is 1.63. The zero-order chi connectivity index (χ0) is 16.5. The van der Waals surface area contributed by atoms with Crippen molar-refractivity contribution in [3.05, 3.63) is 17.8 Å². The maximum atomic E-state index is 13.0. The number of amides is 1. The number of nitrogens with zero attached hydrogens (tertiary/aromatic N) is 4. The van der Waals surface area contributed by atoms with E-state index in [-0.39, 0.29) is 17.9 Å². The maximum Gasteiger partial charge on any atom is 0.226 e. The fourth-order valence-corrected chi connectivity index (χ4v) is 4.36. The fraction of sp³-hybridized carbons (Fsp3) is 0.722. The van der Waals surface area contributed by atoms with Crippen molar-refractivity contribution in [3.8, 4) is 0 Å². The third kappa shape index (κ3) is 2.99. The van der Waals surface area contributed by atoms with Crippen LogP contribution in [0.25, 0.3) is 0 Å². The molecule has 0 saturated carbocycles. The second kappa shape index (κ2) is 6.67. The quantitative estimate of drug-likeness (QED) is 0.825. The molecule has 3 aliphatic rings. The monoisotopic (exact) mass is 330 g/mol. The minimum absolute atomic E-state index is 0.100. The summed E-state index contributed by atoms with van der Waals surface area (Å²) >= 11 is 0. The number of piperidine rings is 1. The summed E-state index contributed by atoms with van der Waals surface area (Å²) in [6, 6.07) is 4.03. The molecular formula is C18H26N4O2. The predicted molar refractivity (Wildman–Crippen MR) is 90.8 cm³/mol. The van der Waals surface area contributed by atoms with E-state index in [1.807, 2.05) is 19.1 Å². The number of carbonyl (C=O) groups is 1. The number of aryl methyl sites for hydroxylation is 1. The molecule has 0 spiro atoms. The van der Waals surface area contributed by atoms with Crippen molar-refractivity contribution in [2.75, 3.05) is 37.7 Å². The number of fused-ring (bicyclic) bond motifs is 1. The van der Waals surface area contributed by atoms with E-state index in [4.69, 9.17) is 4.74 Å². The Kier molecular flexibility index (Phi) is 4.39. The van der Waals surface area contributed by atoms with Gasteiger partial charge in [-0.2, -0.15) is 5.10 Å². The second-order valence-corrected chi connectivity index (χ2v) is 7.27. The molecule has 6 heteroatoms. The van der Waals surface area contributed by atoms with Crippen LogP contribution in [0.1, 0.15) is 31.4 Å². The maximum absolute atomic E-state index is 13.0.